The second-order valence-corrected chi connectivity index (χ2v) is 10.4. The number of esters is 1. The summed E-state index contributed by atoms with van der Waals surface area (Å²) in [5.74, 6) is 2.73. The number of hydrazone groups is 1. The normalized spacial score (nSPS) is 46.3. The Bertz CT molecular complexity index is 689. The third-order valence-electron chi connectivity index (χ3n) is 9.04. The number of ether oxygens (including phenoxy) is 1. The minimum Gasteiger partial charge on any atom is -0.463 e. The van der Waals surface area contributed by atoms with Gasteiger partial charge < -0.3 is 4.74 Å². The number of carbonyl (C=O) groups is 2. The van der Waals surface area contributed by atoms with Crippen LogP contribution >= 0.6 is 0 Å². The minimum absolute atomic E-state index is 0.0780. The van der Waals surface area contributed by atoms with E-state index >= 15 is 0 Å². The number of rotatable bonds is 2. The van der Waals surface area contributed by atoms with Crippen molar-refractivity contribution in [1.29, 1.82) is 0 Å². The molecule has 5 nitrogen and oxygen atoms in total. The first-order valence-electron chi connectivity index (χ1n) is 11.2. The van der Waals surface area contributed by atoms with E-state index in [2.05, 4.69) is 24.4 Å². The number of amides is 1. The molecular formula is C23H36N2O3. The molecule has 4 fully saturated rings. The van der Waals surface area contributed by atoms with Crippen molar-refractivity contribution in [2.24, 2.45) is 39.6 Å². The molecule has 4 saturated carbocycles. The van der Waals surface area contributed by atoms with Crippen LogP contribution in [0.15, 0.2) is 5.10 Å². The minimum atomic E-state index is -0.132. The Morgan fingerprint density at radius 1 is 1.04 bits per heavy atom. The van der Waals surface area contributed by atoms with Gasteiger partial charge in [-0.25, -0.2) is 5.43 Å². The van der Waals surface area contributed by atoms with E-state index in [0.29, 0.717) is 17.3 Å². The van der Waals surface area contributed by atoms with Crippen LogP contribution in [0.3, 0.4) is 0 Å². The van der Waals surface area contributed by atoms with Crippen LogP contribution in [0.25, 0.3) is 0 Å². The number of nitrogens with one attached hydrogen (secondary N) is 1. The van der Waals surface area contributed by atoms with Crippen molar-refractivity contribution < 1.29 is 14.3 Å². The zero-order valence-corrected chi connectivity index (χ0v) is 17.9. The molecule has 4 aliphatic carbocycles. The Morgan fingerprint density at radius 3 is 2.54 bits per heavy atom. The summed E-state index contributed by atoms with van der Waals surface area (Å²) in [5.41, 5.74) is 4.46. The van der Waals surface area contributed by atoms with Crippen LogP contribution in [-0.2, 0) is 14.3 Å². The van der Waals surface area contributed by atoms with Crippen LogP contribution in [0.1, 0.15) is 85.5 Å². The predicted octanol–water partition coefficient (Wildman–Crippen LogP) is 4.45. The van der Waals surface area contributed by atoms with Crippen LogP contribution in [0.5, 0.6) is 0 Å². The second-order valence-electron chi connectivity index (χ2n) is 10.4. The second kappa shape index (κ2) is 7.14. The van der Waals surface area contributed by atoms with Crippen molar-refractivity contribution in [2.75, 3.05) is 0 Å². The summed E-state index contributed by atoms with van der Waals surface area (Å²) in [6.45, 7) is 7.99. The Hall–Kier alpha value is -1.39. The van der Waals surface area contributed by atoms with E-state index in [9.17, 15) is 9.59 Å². The SMILES string of the molecule is CC(=O)N/N=C1\CC[C@H]2[C@@H]3CC[C@H]4C[C@@H](OC(C)=O)CC[C@]4(C)[C@@H]3CC[C@]12C. The molecule has 0 aromatic heterocycles. The molecule has 4 rings (SSSR count). The zero-order chi connectivity index (χ0) is 20.1. The quantitative estimate of drug-likeness (QED) is 0.561. The highest BCUT2D eigenvalue weighted by Gasteiger charge is 2.59. The van der Waals surface area contributed by atoms with Crippen molar-refractivity contribution in [3.8, 4) is 0 Å². The van der Waals surface area contributed by atoms with Gasteiger partial charge in [-0.2, -0.15) is 5.10 Å². The molecule has 0 heterocycles. The monoisotopic (exact) mass is 388 g/mol. The predicted molar refractivity (Wildman–Crippen MR) is 109 cm³/mol. The molecule has 1 N–H and O–H groups in total. The van der Waals surface area contributed by atoms with E-state index in [1.165, 1.54) is 58.1 Å². The summed E-state index contributed by atoms with van der Waals surface area (Å²) >= 11 is 0. The standard InChI is InChI=1S/C23H36N2O3/c1-14(26)24-25-21-8-7-19-18-6-5-16-13-17(28-15(2)27)9-11-22(16,3)20(18)10-12-23(19,21)4/h16-20H,5-13H2,1-4H3,(H,24,26)/b25-21+/t16-,17-,18-,19-,20+,22-,23-/m0/s1. The zero-order valence-electron chi connectivity index (χ0n) is 17.9. The number of nitrogens with zero attached hydrogens (tertiary/aromatic N) is 1. The molecule has 0 aromatic rings. The summed E-state index contributed by atoms with van der Waals surface area (Å²) in [4.78, 5) is 22.7. The van der Waals surface area contributed by atoms with Crippen molar-refractivity contribution >= 4 is 17.6 Å². The van der Waals surface area contributed by atoms with Crippen LogP contribution in [0.4, 0.5) is 0 Å². The summed E-state index contributed by atoms with van der Waals surface area (Å²) < 4.78 is 5.58. The summed E-state index contributed by atoms with van der Waals surface area (Å²) in [6.07, 6.45) is 10.6. The highest BCUT2D eigenvalue weighted by molar-refractivity contribution is 5.93. The lowest BCUT2D eigenvalue weighted by molar-refractivity contribution is -0.158. The molecule has 7 atom stereocenters. The summed E-state index contributed by atoms with van der Waals surface area (Å²) in [5, 5.41) is 4.52. The number of fused-ring (bicyclic) bond motifs is 5. The van der Waals surface area contributed by atoms with E-state index in [1.54, 1.807) is 0 Å². The van der Waals surface area contributed by atoms with E-state index in [0.717, 1.165) is 31.1 Å². The van der Waals surface area contributed by atoms with Crippen molar-refractivity contribution in [3.63, 3.8) is 0 Å². The van der Waals surface area contributed by atoms with Crippen LogP contribution < -0.4 is 5.43 Å². The Morgan fingerprint density at radius 2 is 1.82 bits per heavy atom. The number of carbonyl (C=O) groups excluding carboxylic acids is 2. The van der Waals surface area contributed by atoms with Gasteiger partial charge in [0.2, 0.25) is 5.91 Å². The molecule has 0 spiro atoms. The van der Waals surface area contributed by atoms with Crippen molar-refractivity contribution in [2.45, 2.75) is 91.6 Å². The van der Waals surface area contributed by atoms with Crippen LogP contribution in [0.2, 0.25) is 0 Å². The smallest absolute Gasteiger partial charge is 0.302 e. The maximum atomic E-state index is 11.4. The molecule has 0 aromatic carbocycles. The molecule has 156 valence electrons. The van der Waals surface area contributed by atoms with Gasteiger partial charge in [0.15, 0.2) is 0 Å². The fourth-order valence-electron chi connectivity index (χ4n) is 7.68. The first kappa shape index (κ1) is 19.9. The fraction of sp³-hybridized carbons (Fsp3) is 0.870. The Kier molecular flexibility index (Phi) is 5.08. The molecule has 0 saturated heterocycles. The maximum absolute atomic E-state index is 11.4. The van der Waals surface area contributed by atoms with E-state index in [4.69, 9.17) is 4.74 Å². The maximum Gasteiger partial charge on any atom is 0.302 e. The molecule has 28 heavy (non-hydrogen) atoms. The fourth-order valence-corrected chi connectivity index (χ4v) is 7.68. The van der Waals surface area contributed by atoms with Crippen LogP contribution in [0, 0.1) is 34.5 Å². The van der Waals surface area contributed by atoms with Gasteiger partial charge in [-0.05, 0) is 86.9 Å². The highest BCUT2D eigenvalue weighted by Crippen LogP contribution is 2.65. The lowest BCUT2D eigenvalue weighted by atomic mass is 9.45. The van der Waals surface area contributed by atoms with Crippen molar-refractivity contribution in [1.82, 2.24) is 5.43 Å². The molecule has 0 aliphatic heterocycles. The average molecular weight is 389 g/mol. The third-order valence-corrected chi connectivity index (χ3v) is 9.04. The first-order valence-corrected chi connectivity index (χ1v) is 11.2. The van der Waals surface area contributed by atoms with Crippen LogP contribution in [-0.4, -0.2) is 23.7 Å². The van der Waals surface area contributed by atoms with Gasteiger partial charge in [0.05, 0.1) is 0 Å². The molecule has 1 amide bonds. The summed E-state index contributed by atoms with van der Waals surface area (Å²) in [7, 11) is 0. The third kappa shape index (κ3) is 3.19. The van der Waals surface area contributed by atoms with Gasteiger partial charge in [0.25, 0.3) is 0 Å². The lowest BCUT2D eigenvalue weighted by Gasteiger charge is -2.60. The first-order chi connectivity index (χ1) is 13.2. The Balaban J connectivity index is 1.52. The van der Waals surface area contributed by atoms with E-state index in [-0.39, 0.29) is 23.4 Å². The molecule has 0 radical (unpaired) electrons. The van der Waals surface area contributed by atoms with E-state index in [1.807, 2.05) is 0 Å². The van der Waals surface area contributed by atoms with Gasteiger partial charge in [0.1, 0.15) is 6.10 Å². The van der Waals surface area contributed by atoms with Crippen molar-refractivity contribution in [3.05, 3.63) is 0 Å². The highest BCUT2D eigenvalue weighted by atomic mass is 16.5. The van der Waals surface area contributed by atoms with Gasteiger partial charge >= 0.3 is 5.97 Å². The molecule has 4 aliphatic rings. The topological polar surface area (TPSA) is 67.8 Å². The average Bonchev–Trinajstić information content (AvgIpc) is 2.96. The van der Waals surface area contributed by atoms with Gasteiger partial charge in [-0.15, -0.1) is 0 Å². The Labute approximate surface area is 169 Å². The molecular weight excluding hydrogens is 352 g/mol. The summed E-state index contributed by atoms with van der Waals surface area (Å²) in [6, 6.07) is 0. The van der Waals surface area contributed by atoms with Gasteiger partial charge in [-0.1, -0.05) is 13.8 Å². The van der Waals surface area contributed by atoms with Gasteiger partial charge in [0, 0.05) is 25.0 Å². The lowest BCUT2D eigenvalue weighted by Crippen LogP contribution is -2.54. The molecule has 0 bridgehead atoms. The molecule has 0 unspecified atom stereocenters. The van der Waals surface area contributed by atoms with E-state index < -0.39 is 0 Å². The largest absolute Gasteiger partial charge is 0.463 e. The van der Waals surface area contributed by atoms with Gasteiger partial charge in [-0.3, -0.25) is 9.59 Å². The molecule has 5 heteroatoms. The number of hydrogen-bond donors (Lipinski definition) is 1. The number of hydrogen-bond acceptors (Lipinski definition) is 4.